The lowest BCUT2D eigenvalue weighted by molar-refractivity contribution is 0.0958. The first-order valence-electron chi connectivity index (χ1n) is 8.26. The summed E-state index contributed by atoms with van der Waals surface area (Å²) in [5.74, 6) is 0.446. The number of benzene rings is 2. The molecule has 0 aliphatic carbocycles. The van der Waals surface area contributed by atoms with Gasteiger partial charge in [0.05, 0.1) is 16.9 Å². The molecule has 0 bridgehead atoms. The molecule has 1 amide bonds. The number of thiazole rings is 1. The molecule has 0 aliphatic heterocycles. The van der Waals surface area contributed by atoms with E-state index in [1.54, 1.807) is 6.21 Å². The van der Waals surface area contributed by atoms with Crippen LogP contribution in [0.5, 0.6) is 5.75 Å². The average molecular weight is 400 g/mol. The number of hydrogen-bond acceptors (Lipinski definition) is 5. The SMILES string of the molecule is Cc1nc(C)c(C(=O)N/N=C/c2cccc(OCc3cccc(Cl)c3)c2)s1. The van der Waals surface area contributed by atoms with Gasteiger partial charge in [-0.25, -0.2) is 10.4 Å². The summed E-state index contributed by atoms with van der Waals surface area (Å²) in [4.78, 5) is 16.9. The molecular formula is C20H18ClN3O2S. The molecule has 1 aromatic heterocycles. The van der Waals surface area contributed by atoms with Crippen LogP contribution >= 0.6 is 22.9 Å². The van der Waals surface area contributed by atoms with Gasteiger partial charge in [-0.05, 0) is 49.2 Å². The highest BCUT2D eigenvalue weighted by Crippen LogP contribution is 2.17. The number of ether oxygens (including phenoxy) is 1. The number of carbonyl (C=O) groups is 1. The lowest BCUT2D eigenvalue weighted by Crippen LogP contribution is -2.17. The van der Waals surface area contributed by atoms with Crippen LogP contribution in [0.25, 0.3) is 0 Å². The summed E-state index contributed by atoms with van der Waals surface area (Å²) >= 11 is 7.33. The Hall–Kier alpha value is -2.70. The largest absolute Gasteiger partial charge is 0.489 e. The minimum atomic E-state index is -0.261. The molecule has 0 saturated heterocycles. The molecule has 0 unspecified atom stereocenters. The zero-order valence-corrected chi connectivity index (χ0v) is 16.5. The molecule has 3 rings (SSSR count). The molecule has 1 N–H and O–H groups in total. The summed E-state index contributed by atoms with van der Waals surface area (Å²) in [7, 11) is 0. The van der Waals surface area contributed by atoms with E-state index in [-0.39, 0.29) is 5.91 Å². The van der Waals surface area contributed by atoms with E-state index in [1.807, 2.05) is 62.4 Å². The molecule has 1 heterocycles. The van der Waals surface area contributed by atoms with Crippen LogP contribution in [0.2, 0.25) is 5.02 Å². The number of aryl methyl sites for hydroxylation is 2. The van der Waals surface area contributed by atoms with Gasteiger partial charge in [-0.1, -0.05) is 35.9 Å². The van der Waals surface area contributed by atoms with E-state index >= 15 is 0 Å². The zero-order valence-electron chi connectivity index (χ0n) is 14.9. The molecule has 0 atom stereocenters. The van der Waals surface area contributed by atoms with E-state index in [2.05, 4.69) is 15.5 Å². The minimum Gasteiger partial charge on any atom is -0.489 e. The number of carbonyl (C=O) groups excluding carboxylic acids is 1. The predicted molar refractivity (Wildman–Crippen MR) is 109 cm³/mol. The summed E-state index contributed by atoms with van der Waals surface area (Å²) < 4.78 is 5.79. The van der Waals surface area contributed by atoms with Crippen LogP contribution in [0.15, 0.2) is 53.6 Å². The van der Waals surface area contributed by atoms with Crippen molar-refractivity contribution in [2.24, 2.45) is 5.10 Å². The Morgan fingerprint density at radius 1 is 1.26 bits per heavy atom. The fraction of sp³-hybridized carbons (Fsp3) is 0.150. The second kappa shape index (κ2) is 8.79. The number of hydrogen-bond donors (Lipinski definition) is 1. The van der Waals surface area contributed by atoms with E-state index in [9.17, 15) is 4.79 Å². The zero-order chi connectivity index (χ0) is 19.2. The van der Waals surface area contributed by atoms with Crippen molar-refractivity contribution < 1.29 is 9.53 Å². The molecule has 3 aromatic rings. The van der Waals surface area contributed by atoms with Crippen molar-refractivity contribution in [2.75, 3.05) is 0 Å². The maximum Gasteiger partial charge on any atom is 0.283 e. The van der Waals surface area contributed by atoms with Gasteiger partial charge >= 0.3 is 0 Å². The molecule has 0 saturated carbocycles. The third-order valence-corrected chi connectivity index (χ3v) is 4.95. The summed E-state index contributed by atoms with van der Waals surface area (Å²) in [6.45, 7) is 4.09. The van der Waals surface area contributed by atoms with Gasteiger partial charge in [0.15, 0.2) is 0 Å². The second-order valence-electron chi connectivity index (χ2n) is 5.84. The van der Waals surface area contributed by atoms with Gasteiger partial charge < -0.3 is 4.74 Å². The number of nitrogens with one attached hydrogen (secondary N) is 1. The Morgan fingerprint density at radius 3 is 2.81 bits per heavy atom. The normalized spacial score (nSPS) is 10.9. The summed E-state index contributed by atoms with van der Waals surface area (Å²) in [6.07, 6.45) is 1.58. The first-order chi connectivity index (χ1) is 13.0. The first kappa shape index (κ1) is 19.1. The quantitative estimate of drug-likeness (QED) is 0.480. The Morgan fingerprint density at radius 2 is 2.07 bits per heavy atom. The van der Waals surface area contributed by atoms with Gasteiger partial charge in [0.1, 0.15) is 17.2 Å². The van der Waals surface area contributed by atoms with Crippen molar-refractivity contribution in [3.8, 4) is 5.75 Å². The molecule has 0 radical (unpaired) electrons. The van der Waals surface area contributed by atoms with Crippen LogP contribution < -0.4 is 10.2 Å². The number of amides is 1. The Labute approximate surface area is 166 Å². The van der Waals surface area contributed by atoms with Gasteiger partial charge in [0.25, 0.3) is 5.91 Å². The van der Waals surface area contributed by atoms with Gasteiger partial charge in [0.2, 0.25) is 0 Å². The van der Waals surface area contributed by atoms with Crippen molar-refractivity contribution in [3.05, 3.63) is 80.3 Å². The van der Waals surface area contributed by atoms with Crippen molar-refractivity contribution in [2.45, 2.75) is 20.5 Å². The van der Waals surface area contributed by atoms with Crippen LogP contribution in [0.3, 0.4) is 0 Å². The van der Waals surface area contributed by atoms with Crippen LogP contribution in [0.4, 0.5) is 0 Å². The number of nitrogens with zero attached hydrogens (tertiary/aromatic N) is 2. The maximum absolute atomic E-state index is 12.1. The average Bonchev–Trinajstić information content (AvgIpc) is 2.99. The highest BCUT2D eigenvalue weighted by atomic mass is 35.5. The van der Waals surface area contributed by atoms with Gasteiger partial charge in [-0.3, -0.25) is 4.79 Å². The van der Waals surface area contributed by atoms with Crippen LogP contribution in [-0.4, -0.2) is 17.1 Å². The van der Waals surface area contributed by atoms with Gasteiger partial charge in [-0.15, -0.1) is 11.3 Å². The van der Waals surface area contributed by atoms with Crippen molar-refractivity contribution >= 4 is 35.1 Å². The number of halogens is 1. The van der Waals surface area contributed by atoms with E-state index in [1.165, 1.54) is 11.3 Å². The van der Waals surface area contributed by atoms with Crippen molar-refractivity contribution in [3.63, 3.8) is 0 Å². The van der Waals surface area contributed by atoms with Crippen molar-refractivity contribution in [1.29, 1.82) is 0 Å². The third kappa shape index (κ3) is 5.39. The van der Waals surface area contributed by atoms with Gasteiger partial charge in [0, 0.05) is 5.02 Å². The molecular weight excluding hydrogens is 382 g/mol. The third-order valence-electron chi connectivity index (χ3n) is 3.64. The number of hydrazone groups is 1. The topological polar surface area (TPSA) is 63.6 Å². The molecule has 2 aromatic carbocycles. The highest BCUT2D eigenvalue weighted by Gasteiger charge is 2.12. The summed E-state index contributed by atoms with van der Waals surface area (Å²) in [6, 6.07) is 15.0. The summed E-state index contributed by atoms with van der Waals surface area (Å²) in [5.41, 5.74) is 5.05. The smallest absolute Gasteiger partial charge is 0.283 e. The number of rotatable bonds is 6. The number of aromatic nitrogens is 1. The highest BCUT2D eigenvalue weighted by molar-refractivity contribution is 7.13. The molecule has 0 aliphatic rings. The lowest BCUT2D eigenvalue weighted by Gasteiger charge is -2.07. The molecule has 7 heteroatoms. The molecule has 5 nitrogen and oxygen atoms in total. The molecule has 0 spiro atoms. The fourth-order valence-corrected chi connectivity index (χ4v) is 3.46. The monoisotopic (exact) mass is 399 g/mol. The Bertz CT molecular complexity index is 985. The summed E-state index contributed by atoms with van der Waals surface area (Å²) in [5, 5.41) is 5.55. The van der Waals surface area contributed by atoms with Crippen LogP contribution in [0, 0.1) is 13.8 Å². The van der Waals surface area contributed by atoms with E-state index < -0.39 is 0 Å². The molecule has 0 fully saturated rings. The predicted octanol–water partition coefficient (Wildman–Crippen LogP) is 4.76. The fourth-order valence-electron chi connectivity index (χ4n) is 2.44. The standard InChI is InChI=1S/C20H18ClN3O2S/c1-13-19(27-14(2)23-13)20(25)24-22-11-15-5-4-8-18(10-15)26-12-16-6-3-7-17(21)9-16/h3-11H,12H2,1-2H3,(H,24,25)/b22-11+. The van der Waals surface area contributed by atoms with Crippen molar-refractivity contribution in [1.82, 2.24) is 10.4 Å². The first-order valence-corrected chi connectivity index (χ1v) is 9.45. The molecule has 138 valence electrons. The molecule has 27 heavy (non-hydrogen) atoms. The van der Waals surface area contributed by atoms with E-state index in [0.29, 0.717) is 28.0 Å². The van der Waals surface area contributed by atoms with Crippen LogP contribution in [-0.2, 0) is 6.61 Å². The van der Waals surface area contributed by atoms with Gasteiger partial charge in [-0.2, -0.15) is 5.10 Å². The lowest BCUT2D eigenvalue weighted by atomic mass is 10.2. The second-order valence-corrected chi connectivity index (χ2v) is 7.48. The van der Waals surface area contributed by atoms with Crippen LogP contribution in [0.1, 0.15) is 31.5 Å². The minimum absolute atomic E-state index is 0.261. The van der Waals surface area contributed by atoms with E-state index in [0.717, 1.165) is 16.1 Å². The Kier molecular flexibility index (Phi) is 6.21. The Balaban J connectivity index is 1.59. The van der Waals surface area contributed by atoms with E-state index in [4.69, 9.17) is 16.3 Å². The maximum atomic E-state index is 12.1.